The Balaban J connectivity index is 1.80. The fourth-order valence-electron chi connectivity index (χ4n) is 4.43. The molecule has 2 N–H and O–H groups in total. The minimum Gasteiger partial charge on any atom is -0.497 e. The molecule has 1 amide bonds. The zero-order valence-corrected chi connectivity index (χ0v) is 21.8. The van der Waals surface area contributed by atoms with Gasteiger partial charge in [-0.3, -0.25) is 4.79 Å². The molecule has 0 radical (unpaired) electrons. The van der Waals surface area contributed by atoms with Crippen LogP contribution in [0.4, 0.5) is 0 Å². The molecule has 1 aliphatic rings. The molecule has 0 saturated carbocycles. The van der Waals surface area contributed by atoms with Gasteiger partial charge in [0.05, 0.1) is 17.6 Å². The number of benzene rings is 2. The average molecular weight is 509 g/mol. The number of aliphatic hydroxyl groups is 1. The van der Waals surface area contributed by atoms with Crippen LogP contribution in [0.5, 0.6) is 5.75 Å². The maximum Gasteiger partial charge on any atom is 0.241 e. The summed E-state index contributed by atoms with van der Waals surface area (Å²) in [6.07, 6.45) is 0.323. The van der Waals surface area contributed by atoms with Crippen molar-refractivity contribution in [1.29, 1.82) is 0 Å². The Labute approximate surface area is 207 Å². The maximum atomic E-state index is 13.5. The number of amides is 1. The summed E-state index contributed by atoms with van der Waals surface area (Å²) in [5.41, 5.74) is -1.08. The Kier molecular flexibility index (Phi) is 7.67. The normalized spacial score (nSPS) is 21.4. The lowest BCUT2D eigenvalue weighted by atomic mass is 9.66. The number of rotatable bonds is 7. The minimum absolute atomic E-state index is 0.0582. The fourth-order valence-corrected chi connectivity index (χ4v) is 5.89. The number of halogens is 1. The monoisotopic (exact) mass is 508 g/mol. The van der Waals surface area contributed by atoms with Crippen LogP contribution in [0, 0.1) is 11.3 Å². The Morgan fingerprint density at radius 3 is 2.21 bits per heavy atom. The van der Waals surface area contributed by atoms with Gasteiger partial charge in [0.1, 0.15) is 11.8 Å². The SMILES string of the molecule is COc1ccc(S(=O)(=O)N[C@@H](C(=O)N2CC[C@](O)(c3ccc(Cl)cc3)C(C)(C)C2)C(C)C)cc1. The smallest absolute Gasteiger partial charge is 0.241 e. The first kappa shape index (κ1) is 26.5. The van der Waals surface area contributed by atoms with Crippen LogP contribution in [0.3, 0.4) is 0 Å². The lowest BCUT2D eigenvalue weighted by Crippen LogP contribution is -2.60. The first-order valence-electron chi connectivity index (χ1n) is 11.2. The highest BCUT2D eigenvalue weighted by Crippen LogP contribution is 2.46. The molecule has 1 heterocycles. The van der Waals surface area contributed by atoms with E-state index < -0.39 is 27.1 Å². The van der Waals surface area contributed by atoms with Crippen molar-refractivity contribution >= 4 is 27.5 Å². The van der Waals surface area contributed by atoms with E-state index in [1.54, 1.807) is 43.0 Å². The molecule has 0 aromatic heterocycles. The highest BCUT2D eigenvalue weighted by molar-refractivity contribution is 7.89. The van der Waals surface area contributed by atoms with Gasteiger partial charge in [-0.2, -0.15) is 4.72 Å². The van der Waals surface area contributed by atoms with E-state index in [-0.39, 0.29) is 23.3 Å². The fraction of sp³-hybridized carbons (Fsp3) is 0.480. The van der Waals surface area contributed by atoms with Crippen LogP contribution in [0.25, 0.3) is 0 Å². The number of hydrogen-bond donors (Lipinski definition) is 2. The first-order valence-corrected chi connectivity index (χ1v) is 13.1. The molecule has 34 heavy (non-hydrogen) atoms. The summed E-state index contributed by atoms with van der Waals surface area (Å²) in [5, 5.41) is 12.2. The third-order valence-electron chi connectivity index (χ3n) is 6.67. The molecule has 1 saturated heterocycles. The number of likely N-dealkylation sites (tertiary alicyclic amines) is 1. The zero-order valence-electron chi connectivity index (χ0n) is 20.2. The van der Waals surface area contributed by atoms with Crippen LogP contribution < -0.4 is 9.46 Å². The lowest BCUT2D eigenvalue weighted by Gasteiger charge is -2.51. The van der Waals surface area contributed by atoms with E-state index in [0.29, 0.717) is 23.7 Å². The van der Waals surface area contributed by atoms with E-state index in [1.807, 2.05) is 26.0 Å². The number of nitrogens with one attached hydrogen (secondary N) is 1. The van der Waals surface area contributed by atoms with Crippen LogP contribution in [0.2, 0.25) is 5.02 Å². The quantitative estimate of drug-likeness (QED) is 0.593. The first-order chi connectivity index (χ1) is 15.8. The predicted molar refractivity (Wildman–Crippen MR) is 132 cm³/mol. The Morgan fingerprint density at radius 1 is 1.12 bits per heavy atom. The molecular weight excluding hydrogens is 476 g/mol. The summed E-state index contributed by atoms with van der Waals surface area (Å²) in [7, 11) is -2.42. The number of hydrogen-bond acceptors (Lipinski definition) is 5. The van der Waals surface area contributed by atoms with Crippen molar-refractivity contribution in [3.63, 3.8) is 0 Å². The van der Waals surface area contributed by atoms with Crippen molar-refractivity contribution in [2.75, 3.05) is 20.2 Å². The second kappa shape index (κ2) is 9.85. The molecule has 2 atom stereocenters. The molecule has 7 nitrogen and oxygen atoms in total. The highest BCUT2D eigenvalue weighted by atomic mass is 35.5. The minimum atomic E-state index is -3.93. The summed E-state index contributed by atoms with van der Waals surface area (Å²) < 4.78 is 33.7. The molecule has 0 spiro atoms. The van der Waals surface area contributed by atoms with Gasteiger partial charge in [0.2, 0.25) is 15.9 Å². The maximum absolute atomic E-state index is 13.5. The van der Waals surface area contributed by atoms with E-state index in [0.717, 1.165) is 5.56 Å². The summed E-state index contributed by atoms with van der Waals surface area (Å²) in [6.45, 7) is 8.00. The molecular formula is C25H33ClN2O5S. The van der Waals surface area contributed by atoms with Crippen LogP contribution in [-0.4, -0.2) is 50.6 Å². The van der Waals surface area contributed by atoms with E-state index in [1.165, 1.54) is 19.2 Å². The van der Waals surface area contributed by atoms with Crippen molar-refractivity contribution in [3.8, 4) is 5.75 Å². The van der Waals surface area contributed by atoms with Gasteiger partial charge in [-0.25, -0.2) is 8.42 Å². The summed E-state index contributed by atoms with van der Waals surface area (Å²) in [4.78, 5) is 15.2. The van der Waals surface area contributed by atoms with Crippen LogP contribution in [0.15, 0.2) is 53.4 Å². The second-order valence-electron chi connectivity index (χ2n) is 9.78. The standard InChI is InChI=1S/C25H33ClN2O5S/c1-17(2)22(27-34(31,32)21-12-10-20(33-5)11-13-21)23(29)28-15-14-25(30,24(3,4)16-28)18-6-8-19(26)9-7-18/h6-13,17,22,27,30H,14-16H2,1-5H3/t22-,25+/m1/s1. The predicted octanol–water partition coefficient (Wildman–Crippen LogP) is 3.80. The second-order valence-corrected chi connectivity index (χ2v) is 11.9. The van der Waals surface area contributed by atoms with E-state index >= 15 is 0 Å². The van der Waals surface area contributed by atoms with Crippen LogP contribution >= 0.6 is 11.6 Å². The number of nitrogens with zero attached hydrogens (tertiary/aromatic N) is 1. The molecule has 186 valence electrons. The summed E-state index contributed by atoms with van der Waals surface area (Å²) >= 11 is 6.01. The van der Waals surface area contributed by atoms with Crippen molar-refractivity contribution in [1.82, 2.24) is 9.62 Å². The Bertz CT molecular complexity index is 1120. The molecule has 0 aliphatic carbocycles. The summed E-state index contributed by atoms with van der Waals surface area (Å²) in [5.74, 6) is -0.0433. The largest absolute Gasteiger partial charge is 0.497 e. The van der Waals surface area contributed by atoms with Crippen molar-refractivity contribution < 1.29 is 23.1 Å². The van der Waals surface area contributed by atoms with Gasteiger partial charge in [-0.1, -0.05) is 51.4 Å². The molecule has 3 rings (SSSR count). The van der Waals surface area contributed by atoms with Crippen molar-refractivity contribution in [2.45, 2.75) is 50.7 Å². The molecule has 2 aromatic rings. The van der Waals surface area contributed by atoms with E-state index in [4.69, 9.17) is 16.3 Å². The van der Waals surface area contributed by atoms with Crippen LogP contribution in [-0.2, 0) is 20.4 Å². The molecule has 9 heteroatoms. The number of sulfonamides is 1. The number of carbonyl (C=O) groups excluding carboxylic acids is 1. The van der Waals surface area contributed by atoms with Gasteiger partial charge in [-0.05, 0) is 54.3 Å². The average Bonchev–Trinajstić information content (AvgIpc) is 2.79. The molecule has 1 fully saturated rings. The molecule has 0 unspecified atom stereocenters. The number of ether oxygens (including phenoxy) is 1. The third kappa shape index (κ3) is 5.25. The van der Waals surface area contributed by atoms with Crippen LogP contribution in [0.1, 0.15) is 39.7 Å². The van der Waals surface area contributed by atoms with Gasteiger partial charge in [0.15, 0.2) is 0 Å². The van der Waals surface area contributed by atoms with E-state index in [9.17, 15) is 18.3 Å². The van der Waals surface area contributed by atoms with Gasteiger partial charge < -0.3 is 14.7 Å². The van der Waals surface area contributed by atoms with Gasteiger partial charge >= 0.3 is 0 Å². The third-order valence-corrected chi connectivity index (χ3v) is 8.38. The zero-order chi connectivity index (χ0) is 25.3. The topological polar surface area (TPSA) is 95.9 Å². The van der Waals surface area contributed by atoms with Crippen molar-refractivity contribution in [2.24, 2.45) is 11.3 Å². The Hall–Kier alpha value is -2.13. The molecule has 2 aromatic carbocycles. The summed E-state index contributed by atoms with van der Waals surface area (Å²) in [6, 6.07) is 12.2. The number of methoxy groups -OCH3 is 1. The van der Waals surface area contributed by atoms with Gasteiger partial charge in [0.25, 0.3) is 0 Å². The molecule has 0 bridgehead atoms. The highest BCUT2D eigenvalue weighted by Gasteiger charge is 2.50. The molecule has 1 aliphatic heterocycles. The number of piperidine rings is 1. The van der Waals surface area contributed by atoms with Crippen molar-refractivity contribution in [3.05, 3.63) is 59.1 Å². The van der Waals surface area contributed by atoms with E-state index in [2.05, 4.69) is 4.72 Å². The van der Waals surface area contributed by atoms with Gasteiger partial charge in [0, 0.05) is 23.5 Å². The lowest BCUT2D eigenvalue weighted by molar-refractivity contribution is -0.155. The number of carbonyl (C=O) groups is 1. The Morgan fingerprint density at radius 2 is 1.71 bits per heavy atom. The van der Waals surface area contributed by atoms with Gasteiger partial charge in [-0.15, -0.1) is 0 Å².